The standard InChI is InChI=1S/C15H18N2O5S/c1-22-15(19)10-3-6-12-9(8-10)2-7-13(14(18)16-12)17-23(20,21)11-4-5-11/h3,6,8,11,13,17H,2,4-5,7H2,1H3,(H,16,18). The van der Waals surface area contributed by atoms with Gasteiger partial charge in [0.05, 0.1) is 17.9 Å². The van der Waals surface area contributed by atoms with E-state index in [0.717, 1.165) is 5.56 Å². The van der Waals surface area contributed by atoms with E-state index in [1.54, 1.807) is 18.2 Å². The molecule has 2 N–H and O–H groups in total. The maximum absolute atomic E-state index is 12.2. The number of benzene rings is 1. The molecule has 23 heavy (non-hydrogen) atoms. The van der Waals surface area contributed by atoms with Crippen LogP contribution in [0.4, 0.5) is 5.69 Å². The van der Waals surface area contributed by atoms with Crippen LogP contribution in [0.2, 0.25) is 0 Å². The highest BCUT2D eigenvalue weighted by molar-refractivity contribution is 7.90. The Morgan fingerprint density at radius 1 is 1.30 bits per heavy atom. The van der Waals surface area contributed by atoms with Crippen LogP contribution in [-0.4, -0.2) is 38.7 Å². The van der Waals surface area contributed by atoms with Crippen LogP contribution in [0.15, 0.2) is 18.2 Å². The second-order valence-electron chi connectivity index (χ2n) is 5.81. The number of ether oxygens (including phenoxy) is 1. The SMILES string of the molecule is COC(=O)c1ccc2c(c1)CCC(NS(=O)(=O)C1CC1)C(=O)N2. The van der Waals surface area contributed by atoms with Crippen LogP contribution in [0.5, 0.6) is 0 Å². The summed E-state index contributed by atoms with van der Waals surface area (Å²) in [4.78, 5) is 23.8. The van der Waals surface area contributed by atoms with Gasteiger partial charge < -0.3 is 10.1 Å². The molecule has 3 rings (SSSR count). The highest BCUT2D eigenvalue weighted by Gasteiger charge is 2.38. The Balaban J connectivity index is 1.79. The van der Waals surface area contributed by atoms with Gasteiger partial charge >= 0.3 is 5.97 Å². The summed E-state index contributed by atoms with van der Waals surface area (Å²) in [5.41, 5.74) is 1.78. The third-order valence-corrected chi connectivity index (χ3v) is 6.03. The van der Waals surface area contributed by atoms with Crippen molar-refractivity contribution in [2.75, 3.05) is 12.4 Å². The summed E-state index contributed by atoms with van der Waals surface area (Å²) < 4.78 is 31.2. The van der Waals surface area contributed by atoms with Crippen molar-refractivity contribution in [1.29, 1.82) is 0 Å². The fourth-order valence-corrected chi connectivity index (χ4v) is 4.17. The van der Waals surface area contributed by atoms with E-state index >= 15 is 0 Å². The number of anilines is 1. The number of hydrogen-bond acceptors (Lipinski definition) is 5. The molecule has 1 unspecified atom stereocenters. The van der Waals surface area contributed by atoms with Gasteiger partial charge in [-0.05, 0) is 49.4 Å². The fraction of sp³-hybridized carbons (Fsp3) is 0.467. The van der Waals surface area contributed by atoms with E-state index < -0.39 is 22.0 Å². The van der Waals surface area contributed by atoms with E-state index in [9.17, 15) is 18.0 Å². The number of carbonyl (C=O) groups excluding carboxylic acids is 2. The number of aryl methyl sites for hydroxylation is 1. The van der Waals surface area contributed by atoms with E-state index in [1.165, 1.54) is 7.11 Å². The van der Waals surface area contributed by atoms with Gasteiger partial charge in [-0.2, -0.15) is 0 Å². The first-order valence-electron chi connectivity index (χ1n) is 7.44. The summed E-state index contributed by atoms with van der Waals surface area (Å²) in [6.45, 7) is 0. The lowest BCUT2D eigenvalue weighted by Crippen LogP contribution is -2.44. The van der Waals surface area contributed by atoms with Crippen LogP contribution in [-0.2, 0) is 26.0 Å². The normalized spacial score (nSPS) is 21.1. The molecule has 1 atom stereocenters. The number of hydrogen-bond donors (Lipinski definition) is 2. The molecule has 7 nitrogen and oxygen atoms in total. The highest BCUT2D eigenvalue weighted by Crippen LogP contribution is 2.29. The third kappa shape index (κ3) is 3.37. The largest absolute Gasteiger partial charge is 0.465 e. The number of amides is 1. The number of sulfonamides is 1. The average molecular weight is 338 g/mol. The monoisotopic (exact) mass is 338 g/mol. The summed E-state index contributed by atoms with van der Waals surface area (Å²) in [5.74, 6) is -0.826. The highest BCUT2D eigenvalue weighted by atomic mass is 32.2. The van der Waals surface area contributed by atoms with E-state index in [0.29, 0.717) is 36.9 Å². The Labute approximate surface area is 134 Å². The first kappa shape index (κ1) is 15.9. The lowest BCUT2D eigenvalue weighted by Gasteiger charge is -2.15. The quantitative estimate of drug-likeness (QED) is 0.791. The Hall–Kier alpha value is -1.93. The van der Waals surface area contributed by atoms with Gasteiger partial charge in [-0.15, -0.1) is 0 Å². The molecule has 1 aromatic rings. The molecule has 2 aliphatic rings. The maximum Gasteiger partial charge on any atom is 0.337 e. The van der Waals surface area contributed by atoms with Crippen molar-refractivity contribution in [2.24, 2.45) is 0 Å². The minimum absolute atomic E-state index is 0.343. The van der Waals surface area contributed by atoms with Crippen molar-refractivity contribution < 1.29 is 22.7 Å². The van der Waals surface area contributed by atoms with Crippen molar-refractivity contribution in [3.8, 4) is 0 Å². The molecule has 8 heteroatoms. The van der Waals surface area contributed by atoms with Gasteiger partial charge in [-0.25, -0.2) is 17.9 Å². The molecule has 0 spiro atoms. The van der Waals surface area contributed by atoms with E-state index in [1.807, 2.05) is 0 Å². The number of fused-ring (bicyclic) bond motifs is 1. The molecule has 0 aromatic heterocycles. The Morgan fingerprint density at radius 2 is 2.04 bits per heavy atom. The Bertz CT molecular complexity index is 755. The molecule has 0 radical (unpaired) electrons. The van der Waals surface area contributed by atoms with E-state index in [2.05, 4.69) is 14.8 Å². The van der Waals surface area contributed by atoms with Crippen LogP contribution in [0.25, 0.3) is 0 Å². The second kappa shape index (κ2) is 5.93. The summed E-state index contributed by atoms with van der Waals surface area (Å²) in [6.07, 6.45) is 2.12. The number of nitrogens with one attached hydrogen (secondary N) is 2. The smallest absolute Gasteiger partial charge is 0.337 e. The fourth-order valence-electron chi connectivity index (χ4n) is 2.60. The third-order valence-electron chi connectivity index (χ3n) is 4.07. The molecule has 124 valence electrons. The molecular weight excluding hydrogens is 320 g/mol. The summed E-state index contributed by atoms with van der Waals surface area (Å²) in [7, 11) is -2.13. The number of rotatable bonds is 4. The summed E-state index contributed by atoms with van der Waals surface area (Å²) >= 11 is 0. The Morgan fingerprint density at radius 3 is 2.70 bits per heavy atom. The predicted molar refractivity (Wildman–Crippen MR) is 83.6 cm³/mol. The minimum Gasteiger partial charge on any atom is -0.465 e. The van der Waals surface area contributed by atoms with Crippen molar-refractivity contribution >= 4 is 27.6 Å². The van der Waals surface area contributed by atoms with Crippen molar-refractivity contribution in [3.05, 3.63) is 29.3 Å². The number of esters is 1. The zero-order valence-corrected chi connectivity index (χ0v) is 13.5. The summed E-state index contributed by atoms with van der Waals surface area (Å²) in [5, 5.41) is 2.35. The van der Waals surface area contributed by atoms with Gasteiger partial charge in [0.1, 0.15) is 6.04 Å². The first-order valence-corrected chi connectivity index (χ1v) is 8.98. The molecule has 0 bridgehead atoms. The predicted octanol–water partition coefficient (Wildman–Crippen LogP) is 0.808. The lowest BCUT2D eigenvalue weighted by atomic mass is 10.0. The zero-order valence-electron chi connectivity index (χ0n) is 12.7. The number of carbonyl (C=O) groups is 2. The van der Waals surface area contributed by atoms with Gasteiger partial charge in [0.15, 0.2) is 0 Å². The van der Waals surface area contributed by atoms with Crippen LogP contribution in [0.3, 0.4) is 0 Å². The molecule has 1 aliphatic heterocycles. The van der Waals surface area contributed by atoms with Crippen molar-refractivity contribution in [3.63, 3.8) is 0 Å². The molecule has 1 heterocycles. The zero-order chi connectivity index (χ0) is 16.6. The average Bonchev–Trinajstić information content (AvgIpc) is 3.36. The van der Waals surface area contributed by atoms with Crippen LogP contribution in [0, 0.1) is 0 Å². The molecule has 1 amide bonds. The molecule has 1 aliphatic carbocycles. The van der Waals surface area contributed by atoms with Crippen molar-refractivity contribution in [2.45, 2.75) is 37.0 Å². The molecule has 0 saturated heterocycles. The van der Waals surface area contributed by atoms with Gasteiger partial charge in [0.25, 0.3) is 0 Å². The molecular formula is C15H18N2O5S. The van der Waals surface area contributed by atoms with E-state index in [-0.39, 0.29) is 11.2 Å². The molecule has 1 aromatic carbocycles. The van der Waals surface area contributed by atoms with Gasteiger partial charge in [-0.3, -0.25) is 4.79 Å². The van der Waals surface area contributed by atoms with Crippen LogP contribution >= 0.6 is 0 Å². The topological polar surface area (TPSA) is 102 Å². The van der Waals surface area contributed by atoms with Gasteiger partial charge in [0.2, 0.25) is 15.9 Å². The molecule has 1 saturated carbocycles. The van der Waals surface area contributed by atoms with Crippen molar-refractivity contribution in [1.82, 2.24) is 4.72 Å². The number of methoxy groups -OCH3 is 1. The summed E-state index contributed by atoms with van der Waals surface area (Å²) in [6, 6.07) is 4.07. The van der Waals surface area contributed by atoms with E-state index in [4.69, 9.17) is 0 Å². The molecule has 1 fully saturated rings. The van der Waals surface area contributed by atoms with Crippen LogP contribution in [0.1, 0.15) is 35.2 Å². The lowest BCUT2D eigenvalue weighted by molar-refractivity contribution is -0.117. The second-order valence-corrected chi connectivity index (χ2v) is 7.80. The minimum atomic E-state index is -3.43. The van der Waals surface area contributed by atoms with Gasteiger partial charge in [0, 0.05) is 5.69 Å². The maximum atomic E-state index is 12.2. The Kier molecular flexibility index (Phi) is 4.11. The van der Waals surface area contributed by atoms with Crippen LogP contribution < -0.4 is 10.0 Å². The van der Waals surface area contributed by atoms with Gasteiger partial charge in [-0.1, -0.05) is 0 Å². The first-order chi connectivity index (χ1) is 10.9.